The van der Waals surface area contributed by atoms with E-state index in [9.17, 15) is 4.79 Å². The lowest BCUT2D eigenvalue weighted by Crippen LogP contribution is -2.35. The van der Waals surface area contributed by atoms with E-state index >= 15 is 0 Å². The van der Waals surface area contributed by atoms with E-state index in [0.29, 0.717) is 6.54 Å². The van der Waals surface area contributed by atoms with Crippen molar-refractivity contribution >= 4 is 5.91 Å². The highest BCUT2D eigenvalue weighted by Gasteiger charge is 2.15. The number of rotatable bonds is 7. The molecule has 2 atom stereocenters. The fourth-order valence-electron chi connectivity index (χ4n) is 1.36. The third-order valence-electron chi connectivity index (χ3n) is 2.34. The number of hydrogen-bond acceptors (Lipinski definition) is 2. The Bertz CT molecular complexity index is 157. The Kier molecular flexibility index (Phi) is 7.48. The van der Waals surface area contributed by atoms with Crippen LogP contribution in [-0.4, -0.2) is 23.7 Å². The normalized spacial score (nSPS) is 14.9. The minimum absolute atomic E-state index is 0.0850. The number of carbonyl (C=O) groups excluding carboxylic acids is 1. The van der Waals surface area contributed by atoms with E-state index in [1.807, 2.05) is 6.92 Å². The molecule has 0 fully saturated rings. The molecule has 14 heavy (non-hydrogen) atoms. The van der Waals surface area contributed by atoms with Gasteiger partial charge in [-0.3, -0.25) is 4.79 Å². The summed E-state index contributed by atoms with van der Waals surface area (Å²) in [6.45, 7) is 6.19. The maximum atomic E-state index is 11.6. The zero-order valence-electron chi connectivity index (χ0n) is 9.55. The van der Waals surface area contributed by atoms with Crippen molar-refractivity contribution in [2.45, 2.75) is 52.6 Å². The largest absolute Gasteiger partial charge is 0.392 e. The van der Waals surface area contributed by atoms with Gasteiger partial charge in [-0.1, -0.05) is 26.7 Å². The Morgan fingerprint density at radius 1 is 1.43 bits per heavy atom. The number of aliphatic hydroxyl groups excluding tert-OH is 1. The van der Waals surface area contributed by atoms with Gasteiger partial charge < -0.3 is 10.4 Å². The summed E-state index contributed by atoms with van der Waals surface area (Å²) < 4.78 is 0. The van der Waals surface area contributed by atoms with E-state index in [1.54, 1.807) is 6.92 Å². The van der Waals surface area contributed by atoms with E-state index < -0.39 is 6.10 Å². The van der Waals surface area contributed by atoms with Crippen LogP contribution in [0, 0.1) is 5.92 Å². The fourth-order valence-corrected chi connectivity index (χ4v) is 1.36. The Morgan fingerprint density at radius 2 is 2.07 bits per heavy atom. The highest BCUT2D eigenvalue weighted by Crippen LogP contribution is 2.12. The summed E-state index contributed by atoms with van der Waals surface area (Å²) in [7, 11) is 0. The van der Waals surface area contributed by atoms with Gasteiger partial charge in [-0.15, -0.1) is 0 Å². The van der Waals surface area contributed by atoms with Gasteiger partial charge in [-0.05, 0) is 19.8 Å². The Balaban J connectivity index is 3.79. The molecule has 3 heteroatoms. The van der Waals surface area contributed by atoms with Crippen molar-refractivity contribution in [3.63, 3.8) is 0 Å². The van der Waals surface area contributed by atoms with Gasteiger partial charge in [0.2, 0.25) is 5.91 Å². The van der Waals surface area contributed by atoms with Crippen molar-refractivity contribution in [1.82, 2.24) is 5.32 Å². The Hall–Kier alpha value is -0.570. The maximum absolute atomic E-state index is 11.6. The number of carbonyl (C=O) groups is 1. The van der Waals surface area contributed by atoms with Gasteiger partial charge in [0.05, 0.1) is 6.10 Å². The van der Waals surface area contributed by atoms with Crippen LogP contribution in [0.2, 0.25) is 0 Å². The highest BCUT2D eigenvalue weighted by molar-refractivity contribution is 5.78. The van der Waals surface area contributed by atoms with E-state index in [1.165, 1.54) is 0 Å². The molecule has 0 unspecified atom stereocenters. The SMILES string of the molecule is CCCC[C@@H](CC)C(=O)NC[C@@H](C)O. The molecule has 0 spiro atoms. The lowest BCUT2D eigenvalue weighted by molar-refractivity contribution is -0.125. The summed E-state index contributed by atoms with van der Waals surface area (Å²) in [5.74, 6) is 0.204. The molecule has 0 aromatic rings. The molecule has 0 aliphatic rings. The van der Waals surface area contributed by atoms with Crippen LogP contribution in [0.15, 0.2) is 0 Å². The minimum atomic E-state index is -0.456. The number of amides is 1. The molecular weight excluding hydrogens is 178 g/mol. The number of unbranched alkanes of at least 4 members (excludes halogenated alkanes) is 1. The maximum Gasteiger partial charge on any atom is 0.223 e. The Morgan fingerprint density at radius 3 is 2.50 bits per heavy atom. The smallest absolute Gasteiger partial charge is 0.223 e. The zero-order chi connectivity index (χ0) is 11.0. The number of nitrogens with one attached hydrogen (secondary N) is 1. The topological polar surface area (TPSA) is 49.3 Å². The molecule has 0 aromatic carbocycles. The van der Waals surface area contributed by atoms with Crippen molar-refractivity contribution in [1.29, 1.82) is 0 Å². The van der Waals surface area contributed by atoms with Crippen molar-refractivity contribution in [3.05, 3.63) is 0 Å². The molecule has 0 saturated carbocycles. The van der Waals surface area contributed by atoms with Gasteiger partial charge in [-0.25, -0.2) is 0 Å². The van der Waals surface area contributed by atoms with Gasteiger partial charge in [0, 0.05) is 12.5 Å². The van der Waals surface area contributed by atoms with Crippen LogP contribution < -0.4 is 5.32 Å². The highest BCUT2D eigenvalue weighted by atomic mass is 16.3. The number of hydrogen-bond donors (Lipinski definition) is 2. The Labute approximate surface area is 86.9 Å². The van der Waals surface area contributed by atoms with Gasteiger partial charge >= 0.3 is 0 Å². The standard InChI is InChI=1S/C11H23NO2/c1-4-6-7-10(5-2)11(14)12-8-9(3)13/h9-10,13H,4-8H2,1-3H3,(H,12,14)/t9-,10-/m1/s1. The third kappa shape index (κ3) is 5.97. The van der Waals surface area contributed by atoms with Gasteiger partial charge in [-0.2, -0.15) is 0 Å². The average molecular weight is 201 g/mol. The molecule has 0 radical (unpaired) electrons. The first kappa shape index (κ1) is 13.4. The fraction of sp³-hybridized carbons (Fsp3) is 0.909. The van der Waals surface area contributed by atoms with E-state index in [0.717, 1.165) is 25.7 Å². The van der Waals surface area contributed by atoms with Crippen molar-refractivity contribution < 1.29 is 9.90 Å². The summed E-state index contributed by atoms with van der Waals surface area (Å²) in [5, 5.41) is 11.8. The lowest BCUT2D eigenvalue weighted by atomic mass is 9.98. The van der Waals surface area contributed by atoms with Gasteiger partial charge in [0.15, 0.2) is 0 Å². The van der Waals surface area contributed by atoms with Crippen molar-refractivity contribution in [2.24, 2.45) is 5.92 Å². The van der Waals surface area contributed by atoms with Crippen LogP contribution in [0.4, 0.5) is 0 Å². The van der Waals surface area contributed by atoms with Crippen LogP contribution in [0.1, 0.15) is 46.5 Å². The summed E-state index contributed by atoms with van der Waals surface area (Å²) in [4.78, 5) is 11.6. The van der Waals surface area contributed by atoms with E-state index in [4.69, 9.17) is 5.11 Å². The quantitative estimate of drug-likeness (QED) is 0.658. The molecule has 0 saturated heterocycles. The number of aliphatic hydroxyl groups is 1. The molecule has 0 aliphatic carbocycles. The molecule has 0 bridgehead atoms. The van der Waals surface area contributed by atoms with Crippen LogP contribution >= 0.6 is 0 Å². The molecule has 84 valence electrons. The molecule has 0 aliphatic heterocycles. The minimum Gasteiger partial charge on any atom is -0.392 e. The molecule has 1 amide bonds. The summed E-state index contributed by atoms with van der Waals surface area (Å²) in [5.41, 5.74) is 0. The first-order valence-electron chi connectivity index (χ1n) is 5.57. The second-order valence-electron chi connectivity index (χ2n) is 3.84. The second-order valence-corrected chi connectivity index (χ2v) is 3.84. The predicted octanol–water partition coefficient (Wildman–Crippen LogP) is 1.70. The molecule has 0 aromatic heterocycles. The van der Waals surface area contributed by atoms with Crippen LogP contribution in [0.5, 0.6) is 0 Å². The monoisotopic (exact) mass is 201 g/mol. The first-order valence-corrected chi connectivity index (χ1v) is 5.57. The van der Waals surface area contributed by atoms with Crippen LogP contribution in [0.25, 0.3) is 0 Å². The predicted molar refractivity (Wildman–Crippen MR) is 58.0 cm³/mol. The summed E-state index contributed by atoms with van der Waals surface area (Å²) in [6.07, 6.45) is 3.60. The van der Waals surface area contributed by atoms with Crippen molar-refractivity contribution in [2.75, 3.05) is 6.54 Å². The van der Waals surface area contributed by atoms with Crippen molar-refractivity contribution in [3.8, 4) is 0 Å². The summed E-state index contributed by atoms with van der Waals surface area (Å²) >= 11 is 0. The van der Waals surface area contributed by atoms with Crippen LogP contribution in [-0.2, 0) is 4.79 Å². The summed E-state index contributed by atoms with van der Waals surface area (Å²) in [6, 6.07) is 0. The molecule has 2 N–H and O–H groups in total. The third-order valence-corrected chi connectivity index (χ3v) is 2.34. The first-order chi connectivity index (χ1) is 6.61. The van der Waals surface area contributed by atoms with E-state index in [-0.39, 0.29) is 11.8 Å². The van der Waals surface area contributed by atoms with Crippen LogP contribution in [0.3, 0.4) is 0 Å². The molecule has 0 heterocycles. The molecule has 0 rings (SSSR count). The van der Waals surface area contributed by atoms with Gasteiger partial charge in [0.1, 0.15) is 0 Å². The zero-order valence-corrected chi connectivity index (χ0v) is 9.55. The molecule has 3 nitrogen and oxygen atoms in total. The molecular formula is C11H23NO2. The second kappa shape index (κ2) is 7.80. The van der Waals surface area contributed by atoms with Gasteiger partial charge in [0.25, 0.3) is 0 Å². The van der Waals surface area contributed by atoms with E-state index in [2.05, 4.69) is 12.2 Å². The lowest BCUT2D eigenvalue weighted by Gasteiger charge is -2.15. The average Bonchev–Trinajstić information content (AvgIpc) is 2.16.